The number of halogens is 1. The average molecular weight is 270 g/mol. The highest BCUT2D eigenvalue weighted by molar-refractivity contribution is 7.99. The first-order valence-corrected chi connectivity index (χ1v) is 6.88. The third-order valence-corrected chi connectivity index (χ3v) is 4.09. The zero-order valence-electron chi connectivity index (χ0n) is 10.1. The van der Waals surface area contributed by atoms with E-state index in [1.54, 1.807) is 17.8 Å². The highest BCUT2D eigenvalue weighted by Gasteiger charge is 2.24. The molecule has 0 aromatic heterocycles. The Kier molecular flexibility index (Phi) is 4.11. The quantitative estimate of drug-likeness (QED) is 0.893. The summed E-state index contributed by atoms with van der Waals surface area (Å²) >= 11 is 1.58. The van der Waals surface area contributed by atoms with Gasteiger partial charge in [0.15, 0.2) is 0 Å². The molecule has 2 rings (SSSR count). The average Bonchev–Trinajstić information content (AvgIpc) is 2.67. The molecule has 0 spiro atoms. The number of carbonyl (C=O) groups is 1. The molecule has 0 saturated heterocycles. The van der Waals surface area contributed by atoms with E-state index in [-0.39, 0.29) is 23.6 Å². The van der Waals surface area contributed by atoms with Crippen LogP contribution in [0.25, 0.3) is 0 Å². The summed E-state index contributed by atoms with van der Waals surface area (Å²) in [5, 5.41) is 8.72. The molecule has 0 bridgehead atoms. The number of benzene rings is 1. The zero-order valence-corrected chi connectivity index (χ0v) is 10.9. The third-order valence-electron chi connectivity index (χ3n) is 2.79. The van der Waals surface area contributed by atoms with E-state index in [0.29, 0.717) is 6.42 Å². The third kappa shape index (κ3) is 3.38. The number of hydrogen-bond donors (Lipinski definition) is 1. The summed E-state index contributed by atoms with van der Waals surface area (Å²) in [7, 11) is 0. The van der Waals surface area contributed by atoms with Crippen LogP contribution < -0.4 is 4.74 Å². The number of hydrogen-bond acceptors (Lipinski definition) is 3. The maximum atomic E-state index is 13.0. The van der Waals surface area contributed by atoms with Gasteiger partial charge in [0.25, 0.3) is 0 Å². The Morgan fingerprint density at radius 1 is 1.67 bits per heavy atom. The molecule has 5 heteroatoms. The van der Waals surface area contributed by atoms with Crippen LogP contribution in [0, 0.1) is 5.82 Å². The topological polar surface area (TPSA) is 46.5 Å². The van der Waals surface area contributed by atoms with Crippen LogP contribution in [0.5, 0.6) is 5.75 Å². The molecule has 1 heterocycles. The van der Waals surface area contributed by atoms with Gasteiger partial charge < -0.3 is 9.84 Å². The van der Waals surface area contributed by atoms with E-state index in [1.807, 2.05) is 6.92 Å². The van der Waals surface area contributed by atoms with Gasteiger partial charge in [-0.2, -0.15) is 11.8 Å². The summed E-state index contributed by atoms with van der Waals surface area (Å²) in [6, 6.07) is 4.54. The number of aliphatic carboxylic acids is 1. The standard InChI is InChI=1S/C13H15FO3S/c1-8(4-13(15)16)18-7-11-6-9-5-10(14)2-3-12(9)17-11/h2-3,5,8,11H,4,6-7H2,1H3,(H,15,16). The molecule has 1 aliphatic heterocycles. The van der Waals surface area contributed by atoms with Crippen LogP contribution >= 0.6 is 11.8 Å². The Balaban J connectivity index is 1.83. The van der Waals surface area contributed by atoms with Crippen molar-refractivity contribution in [3.8, 4) is 5.75 Å². The molecule has 2 atom stereocenters. The fourth-order valence-electron chi connectivity index (χ4n) is 1.96. The Hall–Kier alpha value is -1.23. The maximum absolute atomic E-state index is 13.0. The summed E-state index contributed by atoms with van der Waals surface area (Å²) in [5.41, 5.74) is 0.895. The van der Waals surface area contributed by atoms with Crippen molar-refractivity contribution in [2.75, 3.05) is 5.75 Å². The molecule has 98 valence electrons. The molecule has 18 heavy (non-hydrogen) atoms. The Labute approximate surface area is 109 Å². The summed E-state index contributed by atoms with van der Waals surface area (Å²) in [6.07, 6.45) is 0.863. The number of thioether (sulfide) groups is 1. The van der Waals surface area contributed by atoms with Crippen LogP contribution in [0.1, 0.15) is 18.9 Å². The van der Waals surface area contributed by atoms with Crippen LogP contribution in [-0.2, 0) is 11.2 Å². The van der Waals surface area contributed by atoms with Gasteiger partial charge in [-0.3, -0.25) is 4.79 Å². The van der Waals surface area contributed by atoms with Crippen molar-refractivity contribution in [2.24, 2.45) is 0 Å². The molecular weight excluding hydrogens is 255 g/mol. The normalized spacial score (nSPS) is 19.1. The van der Waals surface area contributed by atoms with Gasteiger partial charge in [-0.05, 0) is 18.2 Å². The fourth-order valence-corrected chi connectivity index (χ4v) is 2.95. The van der Waals surface area contributed by atoms with Gasteiger partial charge in [0, 0.05) is 23.0 Å². The van der Waals surface area contributed by atoms with Gasteiger partial charge >= 0.3 is 5.97 Å². The maximum Gasteiger partial charge on any atom is 0.304 e. The van der Waals surface area contributed by atoms with Gasteiger partial charge in [0.1, 0.15) is 17.7 Å². The monoisotopic (exact) mass is 270 g/mol. The second-order valence-electron chi connectivity index (χ2n) is 4.44. The van der Waals surface area contributed by atoms with Gasteiger partial charge in [-0.15, -0.1) is 0 Å². The Bertz CT molecular complexity index is 450. The van der Waals surface area contributed by atoms with E-state index >= 15 is 0 Å². The highest BCUT2D eigenvalue weighted by Crippen LogP contribution is 2.31. The molecule has 0 fully saturated rings. The minimum atomic E-state index is -0.785. The van der Waals surface area contributed by atoms with Gasteiger partial charge in [0.05, 0.1) is 6.42 Å². The van der Waals surface area contributed by atoms with Crippen LogP contribution in [0.3, 0.4) is 0 Å². The largest absolute Gasteiger partial charge is 0.489 e. The molecule has 1 N–H and O–H groups in total. The van der Waals surface area contributed by atoms with E-state index < -0.39 is 5.97 Å². The molecule has 3 nitrogen and oxygen atoms in total. The molecule has 0 saturated carbocycles. The van der Waals surface area contributed by atoms with Crippen molar-refractivity contribution < 1.29 is 19.0 Å². The smallest absolute Gasteiger partial charge is 0.304 e. The van der Waals surface area contributed by atoms with E-state index in [9.17, 15) is 9.18 Å². The molecule has 1 aliphatic rings. The van der Waals surface area contributed by atoms with Crippen molar-refractivity contribution in [1.29, 1.82) is 0 Å². The van der Waals surface area contributed by atoms with Crippen LogP contribution in [0.15, 0.2) is 18.2 Å². The van der Waals surface area contributed by atoms with Crippen LogP contribution in [-0.4, -0.2) is 28.2 Å². The predicted octanol–water partition coefficient (Wildman–Crippen LogP) is 2.73. The Morgan fingerprint density at radius 2 is 2.44 bits per heavy atom. The summed E-state index contributed by atoms with van der Waals surface area (Å²) in [5.74, 6) is 0.440. The summed E-state index contributed by atoms with van der Waals surface area (Å²) in [4.78, 5) is 10.5. The lowest BCUT2D eigenvalue weighted by Crippen LogP contribution is -2.18. The zero-order chi connectivity index (χ0) is 13.1. The SMILES string of the molecule is CC(CC(=O)O)SCC1Cc2cc(F)ccc2O1. The number of ether oxygens (including phenoxy) is 1. The van der Waals surface area contributed by atoms with Gasteiger partial charge in [-0.1, -0.05) is 6.92 Å². The van der Waals surface area contributed by atoms with E-state index in [4.69, 9.17) is 9.84 Å². The van der Waals surface area contributed by atoms with Gasteiger partial charge in [-0.25, -0.2) is 4.39 Å². The first-order chi connectivity index (χ1) is 8.54. The van der Waals surface area contributed by atoms with E-state index in [2.05, 4.69) is 0 Å². The fraction of sp³-hybridized carbons (Fsp3) is 0.462. The Morgan fingerprint density at radius 3 is 3.17 bits per heavy atom. The van der Waals surface area contributed by atoms with Crippen LogP contribution in [0.2, 0.25) is 0 Å². The molecule has 0 radical (unpaired) electrons. The molecular formula is C13H15FO3S. The molecule has 1 aromatic carbocycles. The first-order valence-electron chi connectivity index (χ1n) is 5.83. The van der Waals surface area contributed by atoms with Crippen molar-refractivity contribution in [2.45, 2.75) is 31.1 Å². The highest BCUT2D eigenvalue weighted by atomic mass is 32.2. The minimum absolute atomic E-state index is 0.0167. The number of carboxylic acid groups (broad SMARTS) is 1. The van der Waals surface area contributed by atoms with Crippen molar-refractivity contribution in [3.63, 3.8) is 0 Å². The lowest BCUT2D eigenvalue weighted by atomic mass is 10.1. The predicted molar refractivity (Wildman–Crippen MR) is 68.7 cm³/mol. The summed E-state index contributed by atoms with van der Waals surface area (Å²) < 4.78 is 18.7. The molecule has 0 amide bonds. The van der Waals surface area contributed by atoms with Gasteiger partial charge in [0.2, 0.25) is 0 Å². The van der Waals surface area contributed by atoms with Crippen molar-refractivity contribution in [3.05, 3.63) is 29.6 Å². The van der Waals surface area contributed by atoms with Crippen molar-refractivity contribution in [1.82, 2.24) is 0 Å². The minimum Gasteiger partial charge on any atom is -0.489 e. The van der Waals surface area contributed by atoms with E-state index in [1.165, 1.54) is 12.1 Å². The number of carboxylic acids is 1. The number of fused-ring (bicyclic) bond motifs is 1. The van der Waals surface area contributed by atoms with E-state index in [0.717, 1.165) is 17.1 Å². The first kappa shape index (κ1) is 13.2. The van der Waals surface area contributed by atoms with Crippen molar-refractivity contribution >= 4 is 17.7 Å². The summed E-state index contributed by atoms with van der Waals surface area (Å²) in [6.45, 7) is 1.89. The lowest BCUT2D eigenvalue weighted by Gasteiger charge is -2.13. The lowest BCUT2D eigenvalue weighted by molar-refractivity contribution is -0.136. The molecule has 0 aliphatic carbocycles. The second kappa shape index (κ2) is 5.61. The second-order valence-corrected chi connectivity index (χ2v) is 5.91. The number of rotatable bonds is 5. The van der Waals surface area contributed by atoms with Crippen LogP contribution in [0.4, 0.5) is 4.39 Å². The molecule has 2 unspecified atom stereocenters. The molecule has 1 aromatic rings.